The van der Waals surface area contributed by atoms with E-state index in [1.807, 2.05) is 6.07 Å². The molecule has 1 unspecified atom stereocenters. The summed E-state index contributed by atoms with van der Waals surface area (Å²) in [6.45, 7) is 0.391. The predicted molar refractivity (Wildman–Crippen MR) is 104 cm³/mol. The van der Waals surface area contributed by atoms with E-state index in [0.717, 1.165) is 43.9 Å². The van der Waals surface area contributed by atoms with Gasteiger partial charge in [-0.3, -0.25) is 4.79 Å². The van der Waals surface area contributed by atoms with E-state index >= 15 is 0 Å². The van der Waals surface area contributed by atoms with E-state index in [1.54, 1.807) is 12.1 Å². The second kappa shape index (κ2) is 9.67. The van der Waals surface area contributed by atoms with Gasteiger partial charge in [0.15, 0.2) is 0 Å². The number of hydrogen-bond donors (Lipinski definition) is 2. The first-order valence-electron chi connectivity index (χ1n) is 8.69. The standard InChI is InChI=1S/C18H27FN2O3S.ClH/c1-25(23,24)11-8-16(20)17(22)21-13-18(9-3-2-4-10-18)14-6-5-7-15(19)12-14;/h5-7,12,16H,2-4,8-11,13,20H2,1H3,(H,21,22);1H. The quantitative estimate of drug-likeness (QED) is 0.727. The van der Waals surface area contributed by atoms with Crippen molar-refractivity contribution in [3.8, 4) is 0 Å². The predicted octanol–water partition coefficient (Wildman–Crippen LogP) is 2.33. The van der Waals surface area contributed by atoms with Gasteiger partial charge < -0.3 is 11.1 Å². The van der Waals surface area contributed by atoms with Crippen LogP contribution in [0.25, 0.3) is 0 Å². The highest BCUT2D eigenvalue weighted by atomic mass is 35.5. The number of benzene rings is 1. The Labute approximate surface area is 161 Å². The molecule has 1 aromatic carbocycles. The van der Waals surface area contributed by atoms with Gasteiger partial charge in [0.2, 0.25) is 5.91 Å². The van der Waals surface area contributed by atoms with Crippen LogP contribution in [0.4, 0.5) is 4.39 Å². The zero-order valence-electron chi connectivity index (χ0n) is 15.0. The number of carbonyl (C=O) groups excluding carboxylic acids is 1. The highest BCUT2D eigenvalue weighted by molar-refractivity contribution is 7.90. The first-order valence-corrected chi connectivity index (χ1v) is 10.7. The maximum atomic E-state index is 13.7. The van der Waals surface area contributed by atoms with E-state index < -0.39 is 15.9 Å². The number of nitrogens with two attached hydrogens (primary N) is 1. The Balaban J connectivity index is 0.00000338. The largest absolute Gasteiger partial charge is 0.354 e. The molecule has 26 heavy (non-hydrogen) atoms. The molecule has 2 rings (SSSR count). The molecular weight excluding hydrogens is 379 g/mol. The van der Waals surface area contributed by atoms with Crippen LogP contribution in [0, 0.1) is 5.82 Å². The van der Waals surface area contributed by atoms with Crippen LogP contribution in [0.5, 0.6) is 0 Å². The normalized spacial score (nSPS) is 17.8. The summed E-state index contributed by atoms with van der Waals surface area (Å²) in [7, 11) is -3.15. The third-order valence-corrected chi connectivity index (χ3v) is 5.96. The van der Waals surface area contributed by atoms with Crippen molar-refractivity contribution in [2.75, 3.05) is 18.6 Å². The van der Waals surface area contributed by atoms with Crippen LogP contribution in [0.1, 0.15) is 44.1 Å². The number of carbonyl (C=O) groups is 1. The molecule has 1 fully saturated rings. The van der Waals surface area contributed by atoms with Crippen molar-refractivity contribution in [2.45, 2.75) is 50.0 Å². The number of rotatable bonds is 7. The number of nitrogens with one attached hydrogen (secondary N) is 1. The van der Waals surface area contributed by atoms with E-state index in [9.17, 15) is 17.6 Å². The van der Waals surface area contributed by atoms with Gasteiger partial charge in [-0.15, -0.1) is 12.4 Å². The maximum Gasteiger partial charge on any atom is 0.236 e. The minimum atomic E-state index is -3.15. The second-order valence-electron chi connectivity index (χ2n) is 7.09. The molecule has 1 amide bonds. The average molecular weight is 407 g/mol. The molecule has 1 atom stereocenters. The van der Waals surface area contributed by atoms with Crippen molar-refractivity contribution in [1.29, 1.82) is 0 Å². The molecule has 0 bridgehead atoms. The van der Waals surface area contributed by atoms with Crippen LogP contribution in [-0.4, -0.2) is 38.9 Å². The fourth-order valence-electron chi connectivity index (χ4n) is 3.47. The minimum Gasteiger partial charge on any atom is -0.354 e. The monoisotopic (exact) mass is 406 g/mol. The lowest BCUT2D eigenvalue weighted by Gasteiger charge is -2.38. The summed E-state index contributed by atoms with van der Waals surface area (Å²) in [6, 6.07) is 5.70. The average Bonchev–Trinajstić information content (AvgIpc) is 2.57. The van der Waals surface area contributed by atoms with Crippen LogP contribution in [0.3, 0.4) is 0 Å². The molecule has 0 aromatic heterocycles. The first kappa shape index (κ1) is 22.9. The summed E-state index contributed by atoms with van der Waals surface area (Å²) < 4.78 is 36.1. The van der Waals surface area contributed by atoms with Gasteiger partial charge in [0.25, 0.3) is 0 Å². The van der Waals surface area contributed by atoms with E-state index in [1.165, 1.54) is 6.07 Å². The van der Waals surface area contributed by atoms with Gasteiger partial charge >= 0.3 is 0 Å². The third kappa shape index (κ3) is 6.52. The highest BCUT2D eigenvalue weighted by Crippen LogP contribution is 2.39. The van der Waals surface area contributed by atoms with Crippen LogP contribution in [0.2, 0.25) is 0 Å². The van der Waals surface area contributed by atoms with Crippen LogP contribution in [0.15, 0.2) is 24.3 Å². The molecule has 1 aliphatic carbocycles. The van der Waals surface area contributed by atoms with Gasteiger partial charge in [-0.25, -0.2) is 12.8 Å². The third-order valence-electron chi connectivity index (χ3n) is 4.99. The van der Waals surface area contributed by atoms with Gasteiger partial charge in [0, 0.05) is 18.2 Å². The lowest BCUT2D eigenvalue weighted by molar-refractivity contribution is -0.122. The molecule has 148 valence electrons. The van der Waals surface area contributed by atoms with Gasteiger partial charge in [-0.1, -0.05) is 31.4 Å². The Morgan fingerprint density at radius 2 is 1.96 bits per heavy atom. The summed E-state index contributed by atoms with van der Waals surface area (Å²) in [4.78, 5) is 12.2. The Hall–Kier alpha value is -1.18. The Morgan fingerprint density at radius 1 is 1.31 bits per heavy atom. The van der Waals surface area contributed by atoms with Crippen LogP contribution in [-0.2, 0) is 20.0 Å². The van der Waals surface area contributed by atoms with Crippen molar-refractivity contribution < 1.29 is 17.6 Å². The molecule has 5 nitrogen and oxygen atoms in total. The molecule has 0 saturated heterocycles. The summed E-state index contributed by atoms with van der Waals surface area (Å²) in [5.41, 5.74) is 6.42. The van der Waals surface area contributed by atoms with Crippen molar-refractivity contribution in [3.05, 3.63) is 35.6 Å². The van der Waals surface area contributed by atoms with Gasteiger partial charge in [-0.05, 0) is 37.0 Å². The lowest BCUT2D eigenvalue weighted by Crippen LogP contribution is -2.48. The summed E-state index contributed by atoms with van der Waals surface area (Å²) in [5.74, 6) is -0.750. The van der Waals surface area contributed by atoms with Crippen LogP contribution < -0.4 is 11.1 Å². The molecule has 1 saturated carbocycles. The van der Waals surface area contributed by atoms with Gasteiger partial charge in [0.05, 0.1) is 11.8 Å². The molecule has 0 aliphatic heterocycles. The minimum absolute atomic E-state index is 0. The second-order valence-corrected chi connectivity index (χ2v) is 9.35. The lowest BCUT2D eigenvalue weighted by atomic mass is 9.69. The SMILES string of the molecule is CS(=O)(=O)CCC(N)C(=O)NCC1(c2cccc(F)c2)CCCCC1.Cl. The fourth-order valence-corrected chi connectivity index (χ4v) is 4.16. The molecule has 0 heterocycles. The maximum absolute atomic E-state index is 13.7. The summed E-state index contributed by atoms with van der Waals surface area (Å²) in [5, 5.41) is 2.87. The molecule has 8 heteroatoms. The highest BCUT2D eigenvalue weighted by Gasteiger charge is 2.35. The van der Waals surface area contributed by atoms with Crippen molar-refractivity contribution in [1.82, 2.24) is 5.32 Å². The van der Waals surface area contributed by atoms with Gasteiger partial charge in [0.1, 0.15) is 15.7 Å². The number of hydrogen-bond acceptors (Lipinski definition) is 4. The Kier molecular flexibility index (Phi) is 8.50. The zero-order chi connectivity index (χ0) is 18.5. The Morgan fingerprint density at radius 3 is 2.54 bits per heavy atom. The van der Waals surface area contributed by atoms with Gasteiger partial charge in [-0.2, -0.15) is 0 Å². The van der Waals surface area contributed by atoms with E-state index in [2.05, 4.69) is 5.32 Å². The molecular formula is C18H28ClFN2O3S. The molecule has 3 N–H and O–H groups in total. The first-order chi connectivity index (χ1) is 11.7. The Bertz CT molecular complexity index is 706. The molecule has 1 aromatic rings. The summed E-state index contributed by atoms with van der Waals surface area (Å²) >= 11 is 0. The van der Waals surface area contributed by atoms with Crippen molar-refractivity contribution in [2.24, 2.45) is 5.73 Å². The van der Waals surface area contributed by atoms with E-state index in [0.29, 0.717) is 6.54 Å². The smallest absolute Gasteiger partial charge is 0.236 e. The fraction of sp³-hybridized carbons (Fsp3) is 0.611. The van der Waals surface area contributed by atoms with Crippen molar-refractivity contribution >= 4 is 28.2 Å². The van der Waals surface area contributed by atoms with Crippen LogP contribution >= 0.6 is 12.4 Å². The topological polar surface area (TPSA) is 89.3 Å². The number of halogens is 2. The van der Waals surface area contributed by atoms with Crippen molar-refractivity contribution in [3.63, 3.8) is 0 Å². The summed E-state index contributed by atoms with van der Waals surface area (Å²) in [6.07, 6.45) is 6.19. The molecule has 1 aliphatic rings. The molecule has 0 radical (unpaired) electrons. The van der Waals surface area contributed by atoms with E-state index in [4.69, 9.17) is 5.73 Å². The number of amides is 1. The zero-order valence-corrected chi connectivity index (χ0v) is 16.7. The van der Waals surface area contributed by atoms with E-state index in [-0.39, 0.29) is 41.7 Å². The number of sulfone groups is 1. The molecule has 0 spiro atoms.